The molecule has 9 N–H and O–H groups in total. The summed E-state index contributed by atoms with van der Waals surface area (Å²) in [6.07, 6.45) is 0. The summed E-state index contributed by atoms with van der Waals surface area (Å²) in [5, 5.41) is 64.0. The van der Waals surface area contributed by atoms with Gasteiger partial charge < -0.3 is 42.5 Å². The number of carboxylic acid groups (broad SMARTS) is 1. The minimum atomic E-state index is -5.15. The first-order valence-corrected chi connectivity index (χ1v) is 21.4. The minimum Gasteiger partial charge on any atom is -0.744 e. The van der Waals surface area contributed by atoms with Crippen molar-refractivity contribution in [3.05, 3.63) is 157 Å². The van der Waals surface area contributed by atoms with Crippen LogP contribution in [0.4, 0.5) is 79.6 Å². The van der Waals surface area contributed by atoms with E-state index >= 15 is 0 Å². The number of carbonyl (C=O) groups is 1. The van der Waals surface area contributed by atoms with Crippen LogP contribution in [-0.4, -0.2) is 24.0 Å². The molecule has 0 fully saturated rings. The van der Waals surface area contributed by atoms with Crippen LogP contribution in [0, 0.1) is 0 Å². The number of nitrogens with zero attached hydrogens (tertiary/aromatic N) is 10. The zero-order valence-electron chi connectivity index (χ0n) is 37.1. The van der Waals surface area contributed by atoms with Crippen LogP contribution in [0.25, 0.3) is 21.9 Å². The van der Waals surface area contributed by atoms with E-state index in [0.29, 0.717) is 45.2 Å². The molecule has 0 atom stereocenters. The van der Waals surface area contributed by atoms with Gasteiger partial charge in [-0.1, -0.05) is 54.6 Å². The second kappa shape index (κ2) is 22.7. The fourth-order valence-electron chi connectivity index (χ4n) is 6.51. The van der Waals surface area contributed by atoms with Crippen LogP contribution in [0.2, 0.25) is 0 Å². The number of anilines is 4. The van der Waals surface area contributed by atoms with E-state index in [9.17, 15) is 28.0 Å². The third-order valence-corrected chi connectivity index (χ3v) is 10.8. The Morgan fingerprint density at radius 1 is 0.471 bits per heavy atom. The molecule has 0 amide bonds. The van der Waals surface area contributed by atoms with Gasteiger partial charge in [0, 0.05) is 22.0 Å². The van der Waals surface area contributed by atoms with E-state index in [1.54, 1.807) is 115 Å². The number of rotatable bonds is 13. The third-order valence-electron chi connectivity index (χ3n) is 9.96. The molecule has 0 aromatic heterocycles. The Labute approximate surface area is 443 Å². The predicted octanol–water partition coefficient (Wildman–Crippen LogP) is 5.89. The van der Waals surface area contributed by atoms with E-state index in [1.165, 1.54) is 24.3 Å². The van der Waals surface area contributed by atoms with Crippen LogP contribution in [0.15, 0.2) is 208 Å². The number of aromatic hydroxyl groups is 1. The number of aromatic carboxylic acids is 1. The molecule has 0 spiro atoms. The maximum atomic E-state index is 12.8. The van der Waals surface area contributed by atoms with Crippen molar-refractivity contribution >= 4 is 106 Å². The average Bonchev–Trinajstić information content (AvgIpc) is 3.33. The van der Waals surface area contributed by atoms with Crippen LogP contribution < -0.4 is 87.2 Å². The van der Waals surface area contributed by atoms with Crippen molar-refractivity contribution in [3.8, 4) is 16.9 Å². The molecular weight excluding hydrogens is 935 g/mol. The Morgan fingerprint density at radius 3 is 1.61 bits per heavy atom. The third kappa shape index (κ3) is 12.3. The van der Waals surface area contributed by atoms with Crippen molar-refractivity contribution in [3.63, 3.8) is 0 Å². The molecule has 0 unspecified atom stereocenters. The number of hydrogen-bond acceptors (Lipinski definition) is 20. The summed E-state index contributed by atoms with van der Waals surface area (Å²) in [5.74, 6) is -1.98. The number of hydrogen-bond donors (Lipinski definition) is 5. The monoisotopic (exact) mass is 968 g/mol. The van der Waals surface area contributed by atoms with Gasteiger partial charge in [-0.15, -0.1) is 25.6 Å². The molecule has 8 aromatic carbocycles. The van der Waals surface area contributed by atoms with Crippen LogP contribution in [0.1, 0.15) is 10.4 Å². The van der Waals surface area contributed by atoms with Crippen molar-refractivity contribution in [2.75, 3.05) is 22.9 Å². The summed E-state index contributed by atoms with van der Waals surface area (Å²) in [5.41, 5.74) is 28.9. The van der Waals surface area contributed by atoms with E-state index < -0.39 is 32.3 Å². The molecule has 8 rings (SSSR count). The van der Waals surface area contributed by atoms with Gasteiger partial charge in [-0.05, 0) is 108 Å². The molecule has 0 bridgehead atoms. The second-order valence-corrected chi connectivity index (χ2v) is 15.9. The number of phenols is 1. The van der Waals surface area contributed by atoms with Crippen LogP contribution in [0.5, 0.6) is 5.75 Å². The van der Waals surface area contributed by atoms with Gasteiger partial charge in [0.15, 0.2) is 0 Å². The molecule has 0 aliphatic heterocycles. The topological polar surface area (TPSA) is 345 Å². The average molecular weight is 969 g/mol. The standard InChI is InChI=1S/C47H36N14O6S.2Na/c48-28-12-19-39(38(50)22-28)57-55-31-4-3-5-32(23-31)56-61-46-40(20-18-37(49)44(46)51)58-59-41-25-43(68(65,66)67)45(35-7-2-1-6-34(35)41)60-53-30-15-10-27(11-16-30)26-8-13-29(14-9-26)52-54-33-17-21-42(62)36(24-33)47(63)64;;/h1-25,62H,48-51H2,(H,63,64)(H,65,66,67);;/q;2*+1/p-2. The van der Waals surface area contributed by atoms with E-state index in [0.717, 1.165) is 23.3 Å². The summed E-state index contributed by atoms with van der Waals surface area (Å²) < 4.78 is 38.4. The smallest absolute Gasteiger partial charge is 0.744 e. The zero-order chi connectivity index (χ0) is 48.0. The first-order chi connectivity index (χ1) is 32.7. The molecule has 70 heavy (non-hydrogen) atoms. The molecule has 8 aromatic rings. The first-order valence-electron chi connectivity index (χ1n) is 20.0. The maximum Gasteiger partial charge on any atom is 1.00 e. The van der Waals surface area contributed by atoms with Gasteiger partial charge in [-0.25, -0.2) is 8.42 Å². The number of fused-ring (bicyclic) bond motifs is 1. The first kappa shape index (κ1) is 51.8. The van der Waals surface area contributed by atoms with Crippen LogP contribution >= 0.6 is 0 Å². The number of carboxylic acids is 1. The van der Waals surface area contributed by atoms with Crippen molar-refractivity contribution < 1.29 is 87.1 Å². The fourth-order valence-corrected chi connectivity index (χ4v) is 7.16. The fraction of sp³-hybridized carbons (Fsp3) is 0. The number of benzene rings is 8. The molecule has 20 nitrogen and oxygen atoms in total. The molecule has 0 aliphatic rings. The molecule has 0 aliphatic carbocycles. The van der Waals surface area contributed by atoms with Gasteiger partial charge in [0.1, 0.15) is 38.6 Å². The van der Waals surface area contributed by atoms with E-state index in [4.69, 9.17) is 22.9 Å². The van der Waals surface area contributed by atoms with Gasteiger partial charge in [-0.3, -0.25) is 0 Å². The Balaban J connectivity index is 0.00000402. The van der Waals surface area contributed by atoms with Crippen LogP contribution in [0.3, 0.4) is 0 Å². The van der Waals surface area contributed by atoms with E-state index in [2.05, 4.69) is 51.1 Å². The van der Waals surface area contributed by atoms with Crippen molar-refractivity contribution in [2.45, 2.75) is 4.90 Å². The normalized spacial score (nSPS) is 11.8. The summed E-state index contributed by atoms with van der Waals surface area (Å²) in [7, 11) is -5.15. The molecular formula is C47H34N14Na2O6S. The van der Waals surface area contributed by atoms with Crippen molar-refractivity contribution in [1.29, 1.82) is 0 Å². The minimum absolute atomic E-state index is 0. The summed E-state index contributed by atoms with van der Waals surface area (Å²) in [6.45, 7) is 0. The van der Waals surface area contributed by atoms with Gasteiger partial charge in [0.25, 0.3) is 0 Å². The quantitative estimate of drug-likeness (QED) is 0.0394. The molecule has 23 heteroatoms. The predicted molar refractivity (Wildman–Crippen MR) is 254 cm³/mol. The summed E-state index contributed by atoms with van der Waals surface area (Å²) in [4.78, 5) is 10.5. The summed E-state index contributed by atoms with van der Waals surface area (Å²) >= 11 is 0. The second-order valence-electron chi connectivity index (χ2n) is 14.6. The SMILES string of the molecule is Nc1ccc(N=Nc2cccc(N=Nc3c(N=Nc4cc(S(=O)(=O)[O-])c(N=Nc5ccc(-c6ccc(N=Nc7ccc(O)c(C(=O)[O-])c7)cc6)cc5)c5ccccc45)ccc(N)c3N)c2)c(N)c1.[Na+].[Na+]. The number of azo groups is 5. The zero-order valence-corrected chi connectivity index (χ0v) is 41.9. The number of carbonyl (C=O) groups excluding carboxylic acids is 1. The molecule has 0 heterocycles. The van der Waals surface area contributed by atoms with Gasteiger partial charge in [0.05, 0.1) is 62.1 Å². The van der Waals surface area contributed by atoms with Crippen molar-refractivity contribution in [2.24, 2.45) is 51.1 Å². The van der Waals surface area contributed by atoms with Gasteiger partial charge in [-0.2, -0.15) is 25.6 Å². The van der Waals surface area contributed by atoms with Crippen molar-refractivity contribution in [1.82, 2.24) is 0 Å². The number of nitrogens with two attached hydrogens (primary N) is 4. The van der Waals surface area contributed by atoms with Crippen LogP contribution in [-0.2, 0) is 10.1 Å². The van der Waals surface area contributed by atoms with Gasteiger partial charge in [0.2, 0.25) is 0 Å². The molecule has 0 saturated heterocycles. The van der Waals surface area contributed by atoms with Gasteiger partial charge >= 0.3 is 59.1 Å². The summed E-state index contributed by atoms with van der Waals surface area (Å²) in [6, 6.07) is 39.9. The molecule has 336 valence electrons. The van der Waals surface area contributed by atoms with E-state index in [-0.39, 0.29) is 104 Å². The Morgan fingerprint density at radius 2 is 0.986 bits per heavy atom. The number of nitrogen functional groups attached to an aromatic ring is 4. The molecule has 0 saturated carbocycles. The Bertz CT molecular complexity index is 3540. The van der Waals surface area contributed by atoms with E-state index in [1.807, 2.05) is 0 Å². The Kier molecular flexibility index (Phi) is 16.8. The molecule has 0 radical (unpaired) electrons. The Hall–Kier alpha value is -7.60. The maximum absolute atomic E-state index is 12.8. The largest absolute Gasteiger partial charge is 1.00 e.